The highest BCUT2D eigenvalue weighted by Gasteiger charge is 2.11. The van der Waals surface area contributed by atoms with Crippen LogP contribution in [0.15, 0.2) is 18.2 Å². The van der Waals surface area contributed by atoms with Gasteiger partial charge in [-0.2, -0.15) is 0 Å². The molecule has 0 aromatic heterocycles. The summed E-state index contributed by atoms with van der Waals surface area (Å²) in [5.74, 6) is 0.331. The number of rotatable bonds is 8. The average molecular weight is 305 g/mol. The van der Waals surface area contributed by atoms with Gasteiger partial charge in [0.2, 0.25) is 0 Å². The summed E-state index contributed by atoms with van der Waals surface area (Å²) in [6.45, 7) is 2.61. The molecule has 0 heterocycles. The molecule has 1 amide bonds. The number of carbonyl (C=O) groups excluding carboxylic acids is 2. The van der Waals surface area contributed by atoms with Crippen LogP contribution in [0.1, 0.15) is 37.3 Å². The van der Waals surface area contributed by atoms with E-state index in [2.05, 4.69) is 11.4 Å². The molecule has 1 aliphatic carbocycles. The van der Waals surface area contributed by atoms with Crippen molar-refractivity contribution in [2.45, 2.75) is 39.0 Å². The highest BCUT2D eigenvalue weighted by molar-refractivity contribution is 5.77. The zero-order chi connectivity index (χ0) is 15.8. The number of nitrogens with one attached hydrogen (secondary N) is 1. The smallest absolute Gasteiger partial charge is 0.305 e. The molecule has 0 fully saturated rings. The maximum atomic E-state index is 11.7. The van der Waals surface area contributed by atoms with E-state index in [4.69, 9.17) is 9.47 Å². The molecule has 2 rings (SSSR count). The Morgan fingerprint density at radius 2 is 2.05 bits per heavy atom. The summed E-state index contributed by atoms with van der Waals surface area (Å²) < 4.78 is 10.3. The van der Waals surface area contributed by atoms with Gasteiger partial charge in [-0.05, 0) is 55.9 Å². The molecular weight excluding hydrogens is 282 g/mol. The second-order valence-electron chi connectivity index (χ2n) is 5.33. The Kier molecular flexibility index (Phi) is 6.25. The maximum Gasteiger partial charge on any atom is 0.305 e. The van der Waals surface area contributed by atoms with Crippen molar-refractivity contribution in [3.05, 3.63) is 29.3 Å². The minimum Gasteiger partial charge on any atom is -0.484 e. The van der Waals surface area contributed by atoms with Crippen LogP contribution in [0.2, 0.25) is 0 Å². The van der Waals surface area contributed by atoms with Gasteiger partial charge in [0.1, 0.15) is 5.75 Å². The number of hydrogen-bond acceptors (Lipinski definition) is 4. The summed E-state index contributed by atoms with van der Waals surface area (Å²) in [4.78, 5) is 22.8. The highest BCUT2D eigenvalue weighted by atomic mass is 16.5. The number of fused-ring (bicyclic) bond motifs is 1. The van der Waals surface area contributed by atoms with E-state index in [0.29, 0.717) is 26.0 Å². The lowest BCUT2D eigenvalue weighted by Gasteiger charge is -2.09. The Balaban J connectivity index is 1.62. The monoisotopic (exact) mass is 305 g/mol. The predicted molar refractivity (Wildman–Crippen MR) is 82.8 cm³/mol. The summed E-state index contributed by atoms with van der Waals surface area (Å²) >= 11 is 0. The summed E-state index contributed by atoms with van der Waals surface area (Å²) in [5.41, 5.74) is 2.71. The lowest BCUT2D eigenvalue weighted by molar-refractivity contribution is -0.143. The third kappa shape index (κ3) is 5.06. The molecule has 5 heteroatoms. The number of aryl methyl sites for hydroxylation is 2. The molecule has 120 valence electrons. The second kappa shape index (κ2) is 8.41. The third-order valence-electron chi connectivity index (χ3n) is 3.63. The first kappa shape index (κ1) is 16.3. The molecule has 1 N–H and O–H groups in total. The number of hydrogen-bond donors (Lipinski definition) is 1. The van der Waals surface area contributed by atoms with Gasteiger partial charge in [0.25, 0.3) is 5.91 Å². The van der Waals surface area contributed by atoms with Gasteiger partial charge < -0.3 is 14.8 Å². The molecule has 0 atom stereocenters. The first-order valence-corrected chi connectivity index (χ1v) is 7.86. The zero-order valence-corrected chi connectivity index (χ0v) is 13.0. The standard InChI is InChI=1S/C17H23NO4/c1-2-21-17(20)7-4-10-18-16(19)12-22-15-9-8-13-5-3-6-14(13)11-15/h8-9,11H,2-7,10,12H2,1H3,(H,18,19). The van der Waals surface area contributed by atoms with Crippen LogP contribution in [-0.2, 0) is 27.2 Å². The molecular formula is C17H23NO4. The fourth-order valence-electron chi connectivity index (χ4n) is 2.53. The van der Waals surface area contributed by atoms with E-state index in [-0.39, 0.29) is 18.5 Å². The van der Waals surface area contributed by atoms with Crippen molar-refractivity contribution in [3.63, 3.8) is 0 Å². The number of amides is 1. The lowest BCUT2D eigenvalue weighted by Crippen LogP contribution is -2.30. The normalized spacial score (nSPS) is 12.6. The molecule has 1 aromatic rings. The Bertz CT molecular complexity index is 527. The van der Waals surface area contributed by atoms with Gasteiger partial charge in [-0.3, -0.25) is 9.59 Å². The highest BCUT2D eigenvalue weighted by Crippen LogP contribution is 2.25. The fourth-order valence-corrected chi connectivity index (χ4v) is 2.53. The summed E-state index contributed by atoms with van der Waals surface area (Å²) in [6, 6.07) is 6.02. The van der Waals surface area contributed by atoms with E-state index in [1.54, 1.807) is 6.92 Å². The van der Waals surface area contributed by atoms with E-state index in [9.17, 15) is 9.59 Å². The Morgan fingerprint density at radius 1 is 1.23 bits per heavy atom. The average Bonchev–Trinajstić information content (AvgIpc) is 2.97. The quantitative estimate of drug-likeness (QED) is 0.589. The number of benzene rings is 1. The van der Waals surface area contributed by atoms with E-state index in [1.807, 2.05) is 12.1 Å². The van der Waals surface area contributed by atoms with Crippen LogP contribution >= 0.6 is 0 Å². The topological polar surface area (TPSA) is 64.6 Å². The molecule has 0 saturated carbocycles. The Morgan fingerprint density at radius 3 is 2.86 bits per heavy atom. The van der Waals surface area contributed by atoms with Crippen LogP contribution in [-0.4, -0.2) is 31.6 Å². The number of carbonyl (C=O) groups is 2. The number of esters is 1. The van der Waals surface area contributed by atoms with Crippen molar-refractivity contribution in [3.8, 4) is 5.75 Å². The summed E-state index contributed by atoms with van der Waals surface area (Å²) in [6.07, 6.45) is 4.31. The van der Waals surface area contributed by atoms with Gasteiger partial charge in [0, 0.05) is 13.0 Å². The lowest BCUT2D eigenvalue weighted by atomic mass is 10.1. The van der Waals surface area contributed by atoms with Crippen molar-refractivity contribution in [1.29, 1.82) is 0 Å². The van der Waals surface area contributed by atoms with Gasteiger partial charge in [-0.25, -0.2) is 0 Å². The molecule has 22 heavy (non-hydrogen) atoms. The van der Waals surface area contributed by atoms with Crippen LogP contribution < -0.4 is 10.1 Å². The molecule has 0 aliphatic heterocycles. The van der Waals surface area contributed by atoms with Crippen molar-refractivity contribution in [2.75, 3.05) is 19.8 Å². The van der Waals surface area contributed by atoms with Crippen LogP contribution in [0.5, 0.6) is 5.75 Å². The van der Waals surface area contributed by atoms with Gasteiger partial charge in [-0.1, -0.05) is 6.07 Å². The van der Waals surface area contributed by atoms with Crippen LogP contribution in [0.25, 0.3) is 0 Å². The molecule has 0 saturated heterocycles. The van der Waals surface area contributed by atoms with Crippen molar-refractivity contribution in [2.24, 2.45) is 0 Å². The van der Waals surface area contributed by atoms with E-state index >= 15 is 0 Å². The van der Waals surface area contributed by atoms with E-state index < -0.39 is 0 Å². The SMILES string of the molecule is CCOC(=O)CCCNC(=O)COc1ccc2c(c1)CCC2. The summed E-state index contributed by atoms with van der Waals surface area (Å²) in [5, 5.41) is 2.73. The van der Waals surface area contributed by atoms with Gasteiger partial charge in [0.05, 0.1) is 6.61 Å². The molecule has 0 radical (unpaired) electrons. The Hall–Kier alpha value is -2.04. The predicted octanol–water partition coefficient (Wildman–Crippen LogP) is 2.01. The van der Waals surface area contributed by atoms with Gasteiger partial charge >= 0.3 is 5.97 Å². The molecule has 5 nitrogen and oxygen atoms in total. The van der Waals surface area contributed by atoms with E-state index in [1.165, 1.54) is 17.5 Å². The maximum absolute atomic E-state index is 11.7. The summed E-state index contributed by atoms with van der Waals surface area (Å²) in [7, 11) is 0. The van der Waals surface area contributed by atoms with Gasteiger partial charge in [-0.15, -0.1) is 0 Å². The minimum atomic E-state index is -0.230. The third-order valence-corrected chi connectivity index (χ3v) is 3.63. The zero-order valence-electron chi connectivity index (χ0n) is 13.0. The Labute approximate surface area is 131 Å². The first-order chi connectivity index (χ1) is 10.7. The van der Waals surface area contributed by atoms with Crippen LogP contribution in [0.4, 0.5) is 0 Å². The molecule has 0 unspecified atom stereocenters. The van der Waals surface area contributed by atoms with Crippen LogP contribution in [0.3, 0.4) is 0 Å². The number of ether oxygens (including phenoxy) is 2. The largest absolute Gasteiger partial charge is 0.484 e. The molecule has 0 bridgehead atoms. The second-order valence-corrected chi connectivity index (χ2v) is 5.33. The van der Waals surface area contributed by atoms with Crippen molar-refractivity contribution < 1.29 is 19.1 Å². The van der Waals surface area contributed by atoms with Crippen LogP contribution in [0, 0.1) is 0 Å². The van der Waals surface area contributed by atoms with Crippen molar-refractivity contribution >= 4 is 11.9 Å². The molecule has 1 aliphatic rings. The van der Waals surface area contributed by atoms with Gasteiger partial charge in [0.15, 0.2) is 6.61 Å². The molecule has 0 spiro atoms. The minimum absolute atomic E-state index is 0.00179. The fraction of sp³-hybridized carbons (Fsp3) is 0.529. The first-order valence-electron chi connectivity index (χ1n) is 7.86. The molecule has 1 aromatic carbocycles. The van der Waals surface area contributed by atoms with Crippen molar-refractivity contribution in [1.82, 2.24) is 5.32 Å². The van der Waals surface area contributed by atoms with E-state index in [0.717, 1.165) is 18.6 Å².